The summed E-state index contributed by atoms with van der Waals surface area (Å²) in [6, 6.07) is 6.67. The topological polar surface area (TPSA) is 9.23 Å². The largest absolute Gasteiger partial charge is 0.497 e. The number of alkyl halides is 2. The molecule has 1 nitrogen and oxygen atoms in total. The Bertz CT molecular complexity index is 235. The molecule has 0 aliphatic rings. The molecule has 0 fully saturated rings. The minimum atomic E-state index is -2.48. The van der Waals surface area contributed by atoms with Crippen molar-refractivity contribution in [2.45, 2.75) is 6.43 Å². The quantitative estimate of drug-likeness (QED) is 0.640. The number of methoxy groups -OCH3 is 1. The van der Waals surface area contributed by atoms with Gasteiger partial charge in [-0.2, -0.15) is 0 Å². The summed E-state index contributed by atoms with van der Waals surface area (Å²) in [6.45, 7) is 0. The second kappa shape index (κ2) is 3.32. The summed E-state index contributed by atoms with van der Waals surface area (Å²) in [5, 5.41) is 0. The van der Waals surface area contributed by atoms with Gasteiger partial charge >= 0.3 is 0 Å². The minimum absolute atomic E-state index is 0.135. The van der Waals surface area contributed by atoms with Crippen molar-refractivity contribution in [1.29, 1.82) is 0 Å². The molecule has 1 rings (SSSR count). The van der Waals surface area contributed by atoms with Crippen molar-refractivity contribution >= 4 is 0 Å². The molecule has 0 atom stereocenters. The van der Waals surface area contributed by atoms with E-state index in [1.807, 2.05) is 0 Å². The van der Waals surface area contributed by atoms with Crippen LogP contribution >= 0.6 is 0 Å². The lowest BCUT2D eigenvalue weighted by molar-refractivity contribution is 0.150. The fourth-order valence-electron chi connectivity index (χ4n) is 0.716. The van der Waals surface area contributed by atoms with Crippen LogP contribution in [0.15, 0.2) is 18.2 Å². The van der Waals surface area contributed by atoms with Gasteiger partial charge in [-0.1, -0.05) is 6.07 Å². The maximum atomic E-state index is 12.0. The summed E-state index contributed by atoms with van der Waals surface area (Å²) in [4.78, 5) is 0. The van der Waals surface area contributed by atoms with E-state index in [4.69, 9.17) is 4.74 Å². The maximum absolute atomic E-state index is 12.0. The predicted molar refractivity (Wildman–Crippen MR) is 36.8 cm³/mol. The lowest BCUT2D eigenvalue weighted by Gasteiger charge is -2.01. The van der Waals surface area contributed by atoms with Crippen LogP contribution in [0.1, 0.15) is 12.0 Å². The first-order valence-electron chi connectivity index (χ1n) is 3.08. The zero-order valence-electron chi connectivity index (χ0n) is 5.97. The number of benzene rings is 1. The molecule has 0 N–H and O–H groups in total. The first kappa shape index (κ1) is 7.98. The Morgan fingerprint density at radius 3 is 2.82 bits per heavy atom. The highest BCUT2D eigenvalue weighted by molar-refractivity contribution is 5.27. The summed E-state index contributed by atoms with van der Waals surface area (Å²) in [6.07, 6.45) is -2.48. The molecule has 0 amide bonds. The van der Waals surface area contributed by atoms with Gasteiger partial charge in [-0.15, -0.1) is 0 Å². The van der Waals surface area contributed by atoms with Crippen LogP contribution in [-0.2, 0) is 0 Å². The smallest absolute Gasteiger partial charge is 0.264 e. The zero-order valence-corrected chi connectivity index (χ0v) is 5.97. The lowest BCUT2D eigenvalue weighted by atomic mass is 10.2. The third-order valence-corrected chi connectivity index (χ3v) is 1.27. The van der Waals surface area contributed by atoms with Gasteiger partial charge in [0.1, 0.15) is 5.75 Å². The van der Waals surface area contributed by atoms with E-state index in [0.29, 0.717) is 5.75 Å². The highest BCUT2D eigenvalue weighted by Crippen LogP contribution is 2.21. The van der Waals surface area contributed by atoms with E-state index >= 15 is 0 Å². The molecule has 1 aromatic carbocycles. The van der Waals surface area contributed by atoms with Gasteiger partial charge in [0.05, 0.1) is 7.11 Å². The molecule has 0 unspecified atom stereocenters. The number of halogens is 2. The molecule has 0 aliphatic carbocycles. The molecule has 0 aromatic heterocycles. The zero-order chi connectivity index (χ0) is 8.27. The molecular weight excluding hydrogens is 150 g/mol. The number of hydrogen-bond donors (Lipinski definition) is 0. The summed E-state index contributed by atoms with van der Waals surface area (Å²) >= 11 is 0. The monoisotopic (exact) mass is 157 g/mol. The first-order chi connectivity index (χ1) is 5.24. The third kappa shape index (κ3) is 1.90. The summed E-state index contributed by atoms with van der Waals surface area (Å²) in [7, 11) is 1.44. The molecule has 0 heterocycles. The van der Waals surface area contributed by atoms with Crippen molar-refractivity contribution < 1.29 is 13.5 Å². The molecule has 1 aromatic rings. The first-order valence-corrected chi connectivity index (χ1v) is 3.08. The van der Waals surface area contributed by atoms with Gasteiger partial charge in [0, 0.05) is 5.56 Å². The average molecular weight is 157 g/mol. The van der Waals surface area contributed by atoms with E-state index in [9.17, 15) is 8.78 Å². The molecule has 1 radical (unpaired) electrons. The van der Waals surface area contributed by atoms with Gasteiger partial charge in [0.25, 0.3) is 6.43 Å². The Morgan fingerprint density at radius 2 is 2.27 bits per heavy atom. The van der Waals surface area contributed by atoms with E-state index in [2.05, 4.69) is 6.07 Å². The van der Waals surface area contributed by atoms with Crippen LogP contribution in [0.4, 0.5) is 8.78 Å². The Kier molecular flexibility index (Phi) is 2.41. The Labute approximate surface area is 63.6 Å². The minimum Gasteiger partial charge on any atom is -0.497 e. The molecule has 59 valence electrons. The molecule has 0 aliphatic heterocycles. The van der Waals surface area contributed by atoms with Crippen LogP contribution in [0, 0.1) is 6.07 Å². The molecular formula is C8H7F2O. The lowest BCUT2D eigenvalue weighted by Crippen LogP contribution is -1.87. The second-order valence-electron chi connectivity index (χ2n) is 1.98. The third-order valence-electron chi connectivity index (χ3n) is 1.27. The fraction of sp³-hybridized carbons (Fsp3) is 0.250. The predicted octanol–water partition coefficient (Wildman–Crippen LogP) is 2.43. The molecule has 0 bridgehead atoms. The van der Waals surface area contributed by atoms with Crippen molar-refractivity contribution in [3.05, 3.63) is 29.8 Å². The van der Waals surface area contributed by atoms with Crippen LogP contribution in [-0.4, -0.2) is 7.11 Å². The van der Waals surface area contributed by atoms with Gasteiger partial charge in [-0.3, -0.25) is 0 Å². The highest BCUT2D eigenvalue weighted by Gasteiger charge is 2.06. The molecule has 3 heteroatoms. The van der Waals surface area contributed by atoms with Crippen molar-refractivity contribution in [3.8, 4) is 5.75 Å². The highest BCUT2D eigenvalue weighted by atomic mass is 19.3. The van der Waals surface area contributed by atoms with Gasteiger partial charge < -0.3 is 4.74 Å². The Morgan fingerprint density at radius 1 is 1.55 bits per heavy atom. The van der Waals surface area contributed by atoms with Crippen molar-refractivity contribution in [2.24, 2.45) is 0 Å². The van der Waals surface area contributed by atoms with Crippen molar-refractivity contribution in [3.63, 3.8) is 0 Å². The van der Waals surface area contributed by atoms with E-state index in [1.165, 1.54) is 19.2 Å². The standard InChI is InChI=1S/C8H7F2O/c1-11-7-4-2-3-6(5-7)8(9)10/h2,4-5,8H,1H3. The normalized spacial score (nSPS) is 10.2. The SMILES string of the molecule is COc1cc[c]c(C(F)F)c1. The van der Waals surface area contributed by atoms with Crippen LogP contribution in [0.5, 0.6) is 5.75 Å². The fourth-order valence-corrected chi connectivity index (χ4v) is 0.716. The van der Waals surface area contributed by atoms with Crippen LogP contribution in [0.3, 0.4) is 0 Å². The van der Waals surface area contributed by atoms with Gasteiger partial charge in [-0.05, 0) is 18.2 Å². The van der Waals surface area contributed by atoms with E-state index in [-0.39, 0.29) is 5.56 Å². The number of rotatable bonds is 2. The Balaban J connectivity index is 2.91. The Hall–Kier alpha value is -1.12. The maximum Gasteiger partial charge on any atom is 0.264 e. The van der Waals surface area contributed by atoms with Gasteiger partial charge in [0.15, 0.2) is 0 Å². The van der Waals surface area contributed by atoms with Crippen LogP contribution < -0.4 is 4.74 Å². The van der Waals surface area contributed by atoms with E-state index in [0.717, 1.165) is 0 Å². The average Bonchev–Trinajstić information content (AvgIpc) is 2.05. The molecule has 0 saturated carbocycles. The van der Waals surface area contributed by atoms with Crippen LogP contribution in [0.25, 0.3) is 0 Å². The number of ether oxygens (including phenoxy) is 1. The van der Waals surface area contributed by atoms with Crippen molar-refractivity contribution in [2.75, 3.05) is 7.11 Å². The summed E-state index contributed by atoms with van der Waals surface area (Å²) in [5.74, 6) is 0.430. The van der Waals surface area contributed by atoms with E-state index in [1.54, 1.807) is 6.07 Å². The van der Waals surface area contributed by atoms with Crippen LogP contribution in [0.2, 0.25) is 0 Å². The second-order valence-corrected chi connectivity index (χ2v) is 1.98. The van der Waals surface area contributed by atoms with Gasteiger partial charge in [0.2, 0.25) is 0 Å². The van der Waals surface area contributed by atoms with Gasteiger partial charge in [-0.25, -0.2) is 8.78 Å². The van der Waals surface area contributed by atoms with E-state index < -0.39 is 6.43 Å². The number of hydrogen-bond acceptors (Lipinski definition) is 1. The molecule has 11 heavy (non-hydrogen) atoms. The summed E-state index contributed by atoms with van der Waals surface area (Å²) in [5.41, 5.74) is -0.135. The summed E-state index contributed by atoms with van der Waals surface area (Å²) < 4.78 is 28.7. The molecule has 0 spiro atoms. The molecule has 0 saturated heterocycles. The van der Waals surface area contributed by atoms with Crippen molar-refractivity contribution in [1.82, 2.24) is 0 Å².